The molecule has 1 N–H and O–H groups in total. The third-order valence-corrected chi connectivity index (χ3v) is 3.88. The van der Waals surface area contributed by atoms with Crippen LogP contribution in [0.1, 0.15) is 12.5 Å². The molecule has 0 saturated heterocycles. The van der Waals surface area contributed by atoms with Gasteiger partial charge < -0.3 is 10.1 Å². The van der Waals surface area contributed by atoms with Crippen molar-refractivity contribution < 1.29 is 13.9 Å². The Balaban J connectivity index is 2.05. The van der Waals surface area contributed by atoms with Gasteiger partial charge in [-0.3, -0.25) is 4.79 Å². The Morgan fingerprint density at radius 3 is 2.68 bits per heavy atom. The molecule has 0 aliphatic rings. The van der Waals surface area contributed by atoms with E-state index < -0.39 is 6.10 Å². The van der Waals surface area contributed by atoms with Gasteiger partial charge in [-0.15, -0.1) is 0 Å². The van der Waals surface area contributed by atoms with Crippen molar-refractivity contribution in [2.75, 3.05) is 5.32 Å². The minimum Gasteiger partial charge on any atom is -0.480 e. The summed E-state index contributed by atoms with van der Waals surface area (Å²) in [4.78, 5) is 12.1. The van der Waals surface area contributed by atoms with Gasteiger partial charge in [-0.05, 0) is 65.7 Å². The summed E-state index contributed by atoms with van der Waals surface area (Å²) < 4.78 is 19.0. The second-order valence-corrected chi connectivity index (χ2v) is 6.07. The van der Waals surface area contributed by atoms with Crippen molar-refractivity contribution in [3.8, 4) is 5.75 Å². The van der Waals surface area contributed by atoms with Gasteiger partial charge in [-0.1, -0.05) is 17.7 Å². The third-order valence-electron chi connectivity index (χ3n) is 2.95. The Kier molecular flexibility index (Phi) is 5.42. The molecule has 2 aromatic rings. The van der Waals surface area contributed by atoms with Gasteiger partial charge in [0.2, 0.25) is 0 Å². The third kappa shape index (κ3) is 4.21. The molecule has 0 bridgehead atoms. The summed E-state index contributed by atoms with van der Waals surface area (Å²) in [5, 5.41) is 3.16. The number of aryl methyl sites for hydroxylation is 1. The molecule has 3 nitrogen and oxygen atoms in total. The van der Waals surface area contributed by atoms with Gasteiger partial charge in [0.25, 0.3) is 5.91 Å². The first-order chi connectivity index (χ1) is 10.4. The van der Waals surface area contributed by atoms with Crippen molar-refractivity contribution in [3.05, 3.63) is 57.3 Å². The summed E-state index contributed by atoms with van der Waals surface area (Å²) in [6.07, 6.45) is -0.765. The van der Waals surface area contributed by atoms with Crippen molar-refractivity contribution in [2.24, 2.45) is 0 Å². The predicted molar refractivity (Wildman–Crippen MR) is 89.0 cm³/mol. The van der Waals surface area contributed by atoms with E-state index in [1.807, 2.05) is 13.0 Å². The van der Waals surface area contributed by atoms with Crippen LogP contribution in [0.5, 0.6) is 5.75 Å². The molecule has 0 heterocycles. The first-order valence-corrected chi connectivity index (χ1v) is 7.72. The Morgan fingerprint density at radius 1 is 1.32 bits per heavy atom. The second kappa shape index (κ2) is 7.11. The van der Waals surface area contributed by atoms with E-state index in [0.29, 0.717) is 20.9 Å². The minimum absolute atomic E-state index is 0.345. The number of ether oxygens (including phenoxy) is 1. The first-order valence-electron chi connectivity index (χ1n) is 6.55. The topological polar surface area (TPSA) is 38.3 Å². The highest BCUT2D eigenvalue weighted by Crippen LogP contribution is 2.27. The van der Waals surface area contributed by atoms with E-state index in [2.05, 4.69) is 21.2 Å². The lowest BCUT2D eigenvalue weighted by atomic mass is 10.2. The maximum atomic E-state index is 13.0. The molecule has 0 radical (unpaired) electrons. The number of hydrogen-bond donors (Lipinski definition) is 1. The van der Waals surface area contributed by atoms with Crippen LogP contribution >= 0.6 is 27.5 Å². The summed E-state index contributed by atoms with van der Waals surface area (Å²) in [7, 11) is 0. The van der Waals surface area contributed by atoms with Crippen LogP contribution < -0.4 is 10.1 Å². The van der Waals surface area contributed by atoms with Crippen molar-refractivity contribution in [2.45, 2.75) is 20.0 Å². The number of benzene rings is 2. The fourth-order valence-electron chi connectivity index (χ4n) is 1.77. The monoisotopic (exact) mass is 385 g/mol. The Morgan fingerprint density at radius 2 is 2.05 bits per heavy atom. The van der Waals surface area contributed by atoms with Crippen molar-refractivity contribution in [1.82, 2.24) is 0 Å². The molecule has 0 fully saturated rings. The molecule has 2 aromatic carbocycles. The summed E-state index contributed by atoms with van der Waals surface area (Å²) in [5.41, 5.74) is 1.52. The van der Waals surface area contributed by atoms with Crippen LogP contribution in [0, 0.1) is 12.7 Å². The van der Waals surface area contributed by atoms with Gasteiger partial charge >= 0.3 is 0 Å². The van der Waals surface area contributed by atoms with E-state index in [0.717, 1.165) is 5.56 Å². The number of halogens is 3. The van der Waals surface area contributed by atoms with Crippen molar-refractivity contribution in [1.29, 1.82) is 0 Å². The lowest BCUT2D eigenvalue weighted by Gasteiger charge is -2.16. The smallest absolute Gasteiger partial charge is 0.265 e. The average molecular weight is 387 g/mol. The number of amides is 1. The highest BCUT2D eigenvalue weighted by Gasteiger charge is 2.17. The maximum Gasteiger partial charge on any atom is 0.265 e. The number of hydrogen-bond acceptors (Lipinski definition) is 2. The number of carbonyl (C=O) groups excluding carboxylic acids is 1. The van der Waals surface area contributed by atoms with Crippen molar-refractivity contribution in [3.63, 3.8) is 0 Å². The quantitative estimate of drug-likeness (QED) is 0.807. The molecule has 0 aromatic heterocycles. The Labute approximate surface area is 141 Å². The summed E-state index contributed by atoms with van der Waals surface area (Å²) in [6.45, 7) is 3.52. The number of carbonyl (C=O) groups is 1. The van der Waals surface area contributed by atoms with Crippen LogP contribution in [0.2, 0.25) is 5.02 Å². The van der Waals surface area contributed by atoms with Gasteiger partial charge in [0.15, 0.2) is 6.10 Å². The molecule has 6 heteroatoms. The van der Waals surface area contributed by atoms with Gasteiger partial charge in [-0.2, -0.15) is 0 Å². The number of nitrogens with one attached hydrogen (secondary N) is 1. The van der Waals surface area contributed by atoms with Gasteiger partial charge in [0, 0.05) is 0 Å². The predicted octanol–water partition coefficient (Wildman–Crippen LogP) is 4.96. The zero-order chi connectivity index (χ0) is 16.3. The molecular formula is C16H14BrClFNO2. The van der Waals surface area contributed by atoms with Crippen LogP contribution in [0.4, 0.5) is 10.1 Å². The normalized spacial score (nSPS) is 11.9. The lowest BCUT2D eigenvalue weighted by molar-refractivity contribution is -0.122. The molecule has 1 amide bonds. The Hall–Kier alpha value is -1.59. The zero-order valence-electron chi connectivity index (χ0n) is 12.0. The molecule has 0 spiro atoms. The highest BCUT2D eigenvalue weighted by atomic mass is 79.9. The molecule has 1 atom stereocenters. The minimum atomic E-state index is -0.765. The second-order valence-electron chi connectivity index (χ2n) is 4.81. The van der Waals surface area contributed by atoms with E-state index in [9.17, 15) is 9.18 Å². The van der Waals surface area contributed by atoms with Crippen LogP contribution in [-0.2, 0) is 4.79 Å². The SMILES string of the molecule is Cc1ccc(NC(=O)C(C)Oc2ccc(F)cc2Br)c(Cl)c1. The van der Waals surface area contributed by atoms with Crippen LogP contribution in [0.25, 0.3) is 0 Å². The largest absolute Gasteiger partial charge is 0.480 e. The average Bonchev–Trinajstić information content (AvgIpc) is 2.44. The van der Waals surface area contributed by atoms with Crippen LogP contribution in [-0.4, -0.2) is 12.0 Å². The fraction of sp³-hybridized carbons (Fsp3) is 0.188. The Bertz CT molecular complexity index is 709. The van der Waals surface area contributed by atoms with Gasteiger partial charge in [0.05, 0.1) is 15.2 Å². The van der Waals surface area contributed by atoms with E-state index >= 15 is 0 Å². The number of rotatable bonds is 4. The standard InChI is InChI=1S/C16H14BrClFNO2/c1-9-3-5-14(13(18)7-9)20-16(21)10(2)22-15-6-4-11(19)8-12(15)17/h3-8,10H,1-2H3,(H,20,21). The van der Waals surface area contributed by atoms with Gasteiger partial charge in [-0.25, -0.2) is 4.39 Å². The van der Waals surface area contributed by atoms with Crippen LogP contribution in [0.15, 0.2) is 40.9 Å². The molecule has 0 saturated carbocycles. The van der Waals surface area contributed by atoms with E-state index in [1.54, 1.807) is 19.1 Å². The zero-order valence-corrected chi connectivity index (χ0v) is 14.3. The molecule has 0 aliphatic heterocycles. The van der Waals surface area contributed by atoms with E-state index in [1.165, 1.54) is 18.2 Å². The first kappa shape index (κ1) is 16.8. The molecule has 116 valence electrons. The molecule has 22 heavy (non-hydrogen) atoms. The summed E-state index contributed by atoms with van der Waals surface area (Å²) in [6, 6.07) is 9.35. The molecule has 1 unspecified atom stereocenters. The summed E-state index contributed by atoms with van der Waals surface area (Å²) >= 11 is 9.27. The van der Waals surface area contributed by atoms with E-state index in [-0.39, 0.29) is 11.7 Å². The van der Waals surface area contributed by atoms with Crippen LogP contribution in [0.3, 0.4) is 0 Å². The molecular weight excluding hydrogens is 373 g/mol. The number of anilines is 1. The molecule has 0 aliphatic carbocycles. The van der Waals surface area contributed by atoms with Gasteiger partial charge in [0.1, 0.15) is 11.6 Å². The highest BCUT2D eigenvalue weighted by molar-refractivity contribution is 9.10. The lowest BCUT2D eigenvalue weighted by Crippen LogP contribution is -2.30. The van der Waals surface area contributed by atoms with E-state index in [4.69, 9.17) is 16.3 Å². The summed E-state index contributed by atoms with van der Waals surface area (Å²) in [5.74, 6) is -0.344. The maximum absolute atomic E-state index is 13.0. The van der Waals surface area contributed by atoms with Crippen molar-refractivity contribution >= 4 is 39.1 Å². The fourth-order valence-corrected chi connectivity index (χ4v) is 2.50. The molecule has 2 rings (SSSR count).